The molecule has 2 aliphatic heterocycles. The molecule has 0 aliphatic carbocycles. The van der Waals surface area contributed by atoms with E-state index < -0.39 is 29.3 Å². The zero-order valence-electron chi connectivity index (χ0n) is 19.8. The highest BCUT2D eigenvalue weighted by molar-refractivity contribution is 6.30. The molecule has 180 valence electrons. The first kappa shape index (κ1) is 23.7. The smallest absolute Gasteiger partial charge is 0.241 e. The van der Waals surface area contributed by atoms with Gasteiger partial charge in [-0.1, -0.05) is 59.6 Å². The lowest BCUT2D eigenvalue weighted by atomic mass is 9.67. The van der Waals surface area contributed by atoms with Crippen molar-refractivity contribution in [2.45, 2.75) is 24.9 Å². The normalized spacial score (nSPS) is 23.9. The highest BCUT2D eigenvalue weighted by atomic mass is 35.5. The van der Waals surface area contributed by atoms with Crippen LogP contribution in [0.1, 0.15) is 33.0 Å². The molecule has 1 amide bonds. The lowest BCUT2D eigenvalue weighted by Crippen LogP contribution is -2.49. The molecule has 5 rings (SSSR count). The second-order valence-electron chi connectivity index (χ2n) is 9.19. The van der Waals surface area contributed by atoms with Crippen molar-refractivity contribution in [1.82, 2.24) is 0 Å². The largest absolute Gasteiger partial charge is 0.497 e. The number of halogens is 1. The summed E-state index contributed by atoms with van der Waals surface area (Å²) in [5, 5.41) is 11.1. The van der Waals surface area contributed by atoms with Gasteiger partial charge in [-0.05, 0) is 54.4 Å². The summed E-state index contributed by atoms with van der Waals surface area (Å²) in [4.78, 5) is 29.4. The van der Waals surface area contributed by atoms with Crippen LogP contribution >= 0.6 is 11.6 Å². The number of hydrogen-bond acceptors (Lipinski definition) is 5. The summed E-state index contributed by atoms with van der Waals surface area (Å²) in [7, 11) is 1.54. The number of carbonyl (C=O) groups is 2. The van der Waals surface area contributed by atoms with E-state index in [1.54, 1.807) is 48.5 Å². The maximum absolute atomic E-state index is 14.3. The van der Waals surface area contributed by atoms with Crippen LogP contribution in [-0.4, -0.2) is 30.9 Å². The number of ether oxygens (including phenoxy) is 1. The van der Waals surface area contributed by atoms with E-state index >= 15 is 0 Å². The summed E-state index contributed by atoms with van der Waals surface area (Å²) < 4.78 is 5.35. The van der Waals surface area contributed by atoms with E-state index in [0.717, 1.165) is 16.8 Å². The average Bonchev–Trinajstić information content (AvgIpc) is 3.20. The number of amides is 1. The van der Waals surface area contributed by atoms with Crippen molar-refractivity contribution in [3.05, 3.63) is 100 Å². The molecule has 0 saturated carbocycles. The van der Waals surface area contributed by atoms with Gasteiger partial charge in [0.15, 0.2) is 11.2 Å². The summed E-state index contributed by atoms with van der Waals surface area (Å²) in [5.41, 5.74) is 8.10. The van der Waals surface area contributed by atoms with Gasteiger partial charge in [0.25, 0.3) is 0 Å². The maximum Gasteiger partial charge on any atom is 0.241 e. The second kappa shape index (κ2) is 8.85. The monoisotopic (exact) mass is 497 g/mol. The molecule has 2 aliphatic rings. The predicted molar refractivity (Wildman–Crippen MR) is 139 cm³/mol. The van der Waals surface area contributed by atoms with E-state index in [0.29, 0.717) is 21.9 Å². The summed E-state index contributed by atoms with van der Waals surface area (Å²) in [6.07, 6.45) is 3.72. The van der Waals surface area contributed by atoms with Gasteiger partial charge in [0.05, 0.1) is 19.2 Å². The van der Waals surface area contributed by atoms with Gasteiger partial charge in [-0.25, -0.2) is 0 Å². The molecule has 3 aromatic carbocycles. The molecule has 0 unspecified atom stereocenters. The van der Waals surface area contributed by atoms with Gasteiger partial charge in [-0.2, -0.15) is 5.26 Å². The minimum absolute atomic E-state index is 0.237. The van der Waals surface area contributed by atoms with Crippen LogP contribution in [0, 0.1) is 23.7 Å². The lowest BCUT2D eigenvalue weighted by molar-refractivity contribution is -0.125. The van der Waals surface area contributed by atoms with Crippen molar-refractivity contribution in [2.24, 2.45) is 11.1 Å². The zero-order valence-corrected chi connectivity index (χ0v) is 20.6. The third-order valence-corrected chi connectivity index (χ3v) is 7.49. The molecule has 36 heavy (non-hydrogen) atoms. The SMILES string of the molecule is COc1cccc(C(=O)[C@@H]2[C@H](c3ccc(Cl)cc3)[C@@](C#N)(C(N)=O)[C@H]3C=Cc4cc(C)ccc4N23)c1. The van der Waals surface area contributed by atoms with Crippen LogP contribution in [0.3, 0.4) is 0 Å². The second-order valence-corrected chi connectivity index (χ2v) is 9.63. The highest BCUT2D eigenvalue weighted by Crippen LogP contribution is 2.56. The number of nitrogens with two attached hydrogens (primary N) is 1. The van der Waals surface area contributed by atoms with Gasteiger partial charge < -0.3 is 15.4 Å². The van der Waals surface area contributed by atoms with Crippen molar-refractivity contribution < 1.29 is 14.3 Å². The molecule has 0 spiro atoms. The fourth-order valence-electron chi connectivity index (χ4n) is 5.60. The van der Waals surface area contributed by atoms with Gasteiger partial charge >= 0.3 is 0 Å². The minimum Gasteiger partial charge on any atom is -0.497 e. The Hall–Kier alpha value is -4.08. The molecule has 0 bridgehead atoms. The van der Waals surface area contributed by atoms with Crippen molar-refractivity contribution in [3.63, 3.8) is 0 Å². The molecular formula is C29H24ClN3O3. The van der Waals surface area contributed by atoms with Crippen molar-refractivity contribution in [2.75, 3.05) is 12.0 Å². The van der Waals surface area contributed by atoms with Crippen LogP contribution in [-0.2, 0) is 4.79 Å². The van der Waals surface area contributed by atoms with Crippen LogP contribution in [0.15, 0.2) is 72.8 Å². The topological polar surface area (TPSA) is 96.4 Å². The molecule has 2 heterocycles. The number of rotatable bonds is 5. The molecule has 1 fully saturated rings. The molecule has 4 atom stereocenters. The molecular weight excluding hydrogens is 474 g/mol. The quantitative estimate of drug-likeness (QED) is 0.505. The fourth-order valence-corrected chi connectivity index (χ4v) is 5.72. The van der Waals surface area contributed by atoms with Crippen LogP contribution < -0.4 is 15.4 Å². The number of methoxy groups -OCH3 is 1. The molecule has 0 radical (unpaired) electrons. The van der Waals surface area contributed by atoms with Gasteiger partial charge in [0.2, 0.25) is 5.91 Å². The Morgan fingerprint density at radius 1 is 1.11 bits per heavy atom. The number of nitriles is 1. The van der Waals surface area contributed by atoms with Crippen LogP contribution in [0.4, 0.5) is 5.69 Å². The molecule has 0 aromatic heterocycles. The number of hydrogen-bond donors (Lipinski definition) is 1. The molecule has 6 nitrogen and oxygen atoms in total. The lowest BCUT2D eigenvalue weighted by Gasteiger charge is -2.36. The van der Waals surface area contributed by atoms with E-state index in [-0.39, 0.29) is 5.78 Å². The molecule has 2 N–H and O–H groups in total. The first-order valence-corrected chi connectivity index (χ1v) is 11.9. The number of fused-ring (bicyclic) bond motifs is 3. The number of aryl methyl sites for hydroxylation is 1. The molecule has 1 saturated heterocycles. The Morgan fingerprint density at radius 2 is 1.86 bits per heavy atom. The Labute approximate surface area is 214 Å². The first-order valence-electron chi connectivity index (χ1n) is 11.5. The maximum atomic E-state index is 14.3. The van der Waals surface area contributed by atoms with Gasteiger partial charge in [-0.15, -0.1) is 0 Å². The van der Waals surface area contributed by atoms with E-state index in [1.807, 2.05) is 42.2 Å². The third kappa shape index (κ3) is 3.47. The van der Waals surface area contributed by atoms with Gasteiger partial charge in [0.1, 0.15) is 11.8 Å². The zero-order chi connectivity index (χ0) is 25.6. The summed E-state index contributed by atoms with van der Waals surface area (Å²) in [5.74, 6) is -1.33. The average molecular weight is 498 g/mol. The first-order chi connectivity index (χ1) is 17.3. The summed E-state index contributed by atoms with van der Waals surface area (Å²) in [6.45, 7) is 1.99. The van der Waals surface area contributed by atoms with Crippen molar-refractivity contribution in [3.8, 4) is 11.8 Å². The number of carbonyl (C=O) groups excluding carboxylic acids is 2. The third-order valence-electron chi connectivity index (χ3n) is 7.24. The summed E-state index contributed by atoms with van der Waals surface area (Å²) in [6, 6.07) is 20.3. The van der Waals surface area contributed by atoms with Gasteiger partial charge in [-0.3, -0.25) is 9.59 Å². The number of ketones is 1. The number of Topliss-reactive ketones (excluding diaryl/α,β-unsaturated/α-hetero) is 1. The number of benzene rings is 3. The Balaban J connectivity index is 1.80. The van der Waals surface area contributed by atoms with Crippen LogP contribution in [0.25, 0.3) is 6.08 Å². The number of anilines is 1. The summed E-state index contributed by atoms with van der Waals surface area (Å²) >= 11 is 6.16. The highest BCUT2D eigenvalue weighted by Gasteiger charge is 2.65. The predicted octanol–water partition coefficient (Wildman–Crippen LogP) is 4.90. The Kier molecular flexibility index (Phi) is 5.82. The van der Waals surface area contributed by atoms with Crippen molar-refractivity contribution >= 4 is 35.1 Å². The van der Waals surface area contributed by atoms with E-state index in [1.165, 1.54) is 7.11 Å². The van der Waals surface area contributed by atoms with Crippen LogP contribution in [0.2, 0.25) is 5.02 Å². The van der Waals surface area contributed by atoms with Gasteiger partial charge in [0, 0.05) is 22.2 Å². The Bertz CT molecular complexity index is 1440. The van der Waals surface area contributed by atoms with E-state index in [9.17, 15) is 14.9 Å². The molecule has 3 aromatic rings. The van der Waals surface area contributed by atoms with Crippen molar-refractivity contribution in [1.29, 1.82) is 5.26 Å². The standard InChI is InChI=1S/C29H24ClN3O3/c1-17-6-12-23-19(14-17)9-13-24-29(16-31,28(32)35)25(18-7-10-21(30)11-8-18)26(33(23)24)27(34)20-4-3-5-22(15-20)36-2/h3-15,24-26H,1-2H3,(H2,32,35)/t24-,25+,26+,29+/m1/s1. The minimum atomic E-state index is -1.70. The fraction of sp³-hybridized carbons (Fsp3) is 0.207. The van der Waals surface area contributed by atoms with E-state index in [4.69, 9.17) is 22.1 Å². The Morgan fingerprint density at radius 3 is 2.53 bits per heavy atom. The van der Waals surface area contributed by atoms with Crippen LogP contribution in [0.5, 0.6) is 5.75 Å². The number of primary amides is 1. The van der Waals surface area contributed by atoms with E-state index in [2.05, 4.69) is 6.07 Å². The molecule has 7 heteroatoms. The number of nitrogens with zero attached hydrogens (tertiary/aromatic N) is 2.